The first-order valence-electron chi connectivity index (χ1n) is 4.42. The van der Waals surface area contributed by atoms with E-state index in [1.165, 1.54) is 6.92 Å². The zero-order valence-electron chi connectivity index (χ0n) is 8.17. The van der Waals surface area contributed by atoms with E-state index in [-0.39, 0.29) is 5.82 Å². The van der Waals surface area contributed by atoms with Gasteiger partial charge in [-0.2, -0.15) is 13.2 Å². The highest BCUT2D eigenvalue weighted by atomic mass is 19.4. The summed E-state index contributed by atoms with van der Waals surface area (Å²) in [4.78, 5) is 3.84. The Bertz CT molecular complexity index is 325. The number of nitrogen functional groups attached to an aromatic ring is 1. The van der Waals surface area contributed by atoms with Crippen molar-refractivity contribution in [2.24, 2.45) is 0 Å². The molecule has 0 aliphatic rings. The number of nitrogens with zero attached hydrogens (tertiary/aromatic N) is 1. The smallest absolute Gasteiger partial charge is 0.384 e. The van der Waals surface area contributed by atoms with Gasteiger partial charge in [0, 0.05) is 6.04 Å². The zero-order chi connectivity index (χ0) is 11.5. The van der Waals surface area contributed by atoms with Crippen molar-refractivity contribution < 1.29 is 13.2 Å². The van der Waals surface area contributed by atoms with Crippen molar-refractivity contribution in [1.29, 1.82) is 0 Å². The molecule has 0 aliphatic carbocycles. The molecular formula is C9H12F3N3. The summed E-state index contributed by atoms with van der Waals surface area (Å²) in [6.07, 6.45) is -5.07. The lowest BCUT2D eigenvalue weighted by Gasteiger charge is -2.16. The largest absolute Gasteiger partial charge is 0.391 e. The second-order valence-electron chi connectivity index (χ2n) is 3.31. The average Bonchev–Trinajstić information content (AvgIpc) is 1.99. The van der Waals surface area contributed by atoms with Crippen LogP contribution in [0.3, 0.4) is 0 Å². The van der Waals surface area contributed by atoms with Crippen LogP contribution in [0.1, 0.15) is 13.3 Å². The van der Waals surface area contributed by atoms with Crippen LogP contribution in [0, 0.1) is 0 Å². The molecule has 0 radical (unpaired) electrons. The highest BCUT2D eigenvalue weighted by molar-refractivity contribution is 5.42. The first-order chi connectivity index (χ1) is 6.87. The van der Waals surface area contributed by atoms with Crippen molar-refractivity contribution >= 4 is 11.6 Å². The Balaban J connectivity index is 2.55. The number of rotatable bonds is 3. The van der Waals surface area contributed by atoms with Crippen molar-refractivity contribution in [1.82, 2.24) is 4.98 Å². The first-order valence-corrected chi connectivity index (χ1v) is 4.42. The molecule has 0 fully saturated rings. The molecule has 84 valence electrons. The molecule has 6 heteroatoms. The molecule has 1 heterocycles. The fraction of sp³-hybridized carbons (Fsp3) is 0.444. The molecule has 1 aromatic rings. The van der Waals surface area contributed by atoms with Gasteiger partial charge in [0.25, 0.3) is 0 Å². The standard InChI is InChI=1S/C9H12F3N3/c1-6(5-9(10,11)12)14-8-4-2-3-7(13)15-8/h2-4,6H,5H2,1H3,(H3,13,14,15). The molecule has 15 heavy (non-hydrogen) atoms. The summed E-state index contributed by atoms with van der Waals surface area (Å²) >= 11 is 0. The van der Waals surface area contributed by atoms with Crippen molar-refractivity contribution in [3.63, 3.8) is 0 Å². The van der Waals surface area contributed by atoms with Crippen LogP contribution >= 0.6 is 0 Å². The van der Waals surface area contributed by atoms with E-state index in [1.54, 1.807) is 18.2 Å². The molecule has 0 aliphatic heterocycles. The number of halogens is 3. The summed E-state index contributed by atoms with van der Waals surface area (Å²) in [6.45, 7) is 1.44. The van der Waals surface area contributed by atoms with Crippen LogP contribution in [0.4, 0.5) is 24.8 Å². The molecule has 1 atom stereocenters. The topological polar surface area (TPSA) is 50.9 Å². The lowest BCUT2D eigenvalue weighted by Crippen LogP contribution is -2.24. The highest BCUT2D eigenvalue weighted by Gasteiger charge is 2.29. The Labute approximate surface area is 85.5 Å². The molecule has 0 bridgehead atoms. The van der Waals surface area contributed by atoms with Gasteiger partial charge in [0.15, 0.2) is 0 Å². The second kappa shape index (κ2) is 4.37. The SMILES string of the molecule is CC(CC(F)(F)F)Nc1cccc(N)n1. The minimum absolute atomic E-state index is 0.277. The normalized spacial score (nSPS) is 13.6. The second-order valence-corrected chi connectivity index (χ2v) is 3.31. The number of nitrogens with one attached hydrogen (secondary N) is 1. The Kier molecular flexibility index (Phi) is 3.39. The Morgan fingerprint density at radius 3 is 2.67 bits per heavy atom. The van der Waals surface area contributed by atoms with Gasteiger partial charge in [-0.1, -0.05) is 6.07 Å². The van der Waals surface area contributed by atoms with E-state index in [1.807, 2.05) is 0 Å². The molecule has 0 spiro atoms. The van der Waals surface area contributed by atoms with Gasteiger partial charge < -0.3 is 11.1 Å². The van der Waals surface area contributed by atoms with E-state index < -0.39 is 18.6 Å². The number of anilines is 2. The maximum absolute atomic E-state index is 12.0. The lowest BCUT2D eigenvalue weighted by molar-refractivity contribution is -0.136. The molecular weight excluding hydrogens is 207 g/mol. The van der Waals surface area contributed by atoms with Crippen LogP contribution < -0.4 is 11.1 Å². The quantitative estimate of drug-likeness (QED) is 0.820. The van der Waals surface area contributed by atoms with Crippen molar-refractivity contribution in [2.75, 3.05) is 11.1 Å². The minimum Gasteiger partial charge on any atom is -0.384 e. The third-order valence-electron chi connectivity index (χ3n) is 1.70. The van der Waals surface area contributed by atoms with E-state index in [9.17, 15) is 13.2 Å². The average molecular weight is 219 g/mol. The maximum atomic E-state index is 12.0. The summed E-state index contributed by atoms with van der Waals surface area (Å²) in [6, 6.07) is 4.05. The molecule has 1 rings (SSSR count). The Hall–Kier alpha value is -1.46. The summed E-state index contributed by atoms with van der Waals surface area (Å²) in [5.74, 6) is 0.631. The monoisotopic (exact) mass is 219 g/mol. The van der Waals surface area contributed by atoms with Gasteiger partial charge in [0.05, 0.1) is 6.42 Å². The van der Waals surface area contributed by atoms with Gasteiger partial charge in [-0.05, 0) is 19.1 Å². The number of nitrogens with two attached hydrogens (primary N) is 1. The number of aromatic nitrogens is 1. The zero-order valence-corrected chi connectivity index (χ0v) is 8.17. The van der Waals surface area contributed by atoms with E-state index in [0.717, 1.165) is 0 Å². The fourth-order valence-corrected chi connectivity index (χ4v) is 1.18. The molecule has 3 nitrogen and oxygen atoms in total. The molecule has 0 aromatic carbocycles. The van der Waals surface area contributed by atoms with Gasteiger partial charge in [-0.3, -0.25) is 0 Å². The third-order valence-corrected chi connectivity index (χ3v) is 1.70. The predicted octanol–water partition coefficient (Wildman–Crippen LogP) is 2.42. The van der Waals surface area contributed by atoms with Crippen molar-refractivity contribution in [3.05, 3.63) is 18.2 Å². The van der Waals surface area contributed by atoms with E-state index in [2.05, 4.69) is 10.3 Å². The predicted molar refractivity (Wildman–Crippen MR) is 52.4 cm³/mol. The van der Waals surface area contributed by atoms with Gasteiger partial charge in [-0.15, -0.1) is 0 Å². The Morgan fingerprint density at radius 2 is 2.13 bits per heavy atom. The molecule has 0 amide bonds. The number of hydrogen-bond donors (Lipinski definition) is 2. The van der Waals surface area contributed by atoms with Crippen LogP contribution in [0.2, 0.25) is 0 Å². The highest BCUT2D eigenvalue weighted by Crippen LogP contribution is 2.22. The van der Waals surface area contributed by atoms with Crippen LogP contribution in [0.5, 0.6) is 0 Å². The summed E-state index contributed by atoms with van der Waals surface area (Å²) in [5.41, 5.74) is 5.39. The van der Waals surface area contributed by atoms with Crippen LogP contribution in [0.15, 0.2) is 18.2 Å². The lowest BCUT2D eigenvalue weighted by atomic mass is 10.2. The van der Waals surface area contributed by atoms with E-state index in [0.29, 0.717) is 5.82 Å². The number of hydrogen-bond acceptors (Lipinski definition) is 3. The van der Waals surface area contributed by atoms with Crippen molar-refractivity contribution in [3.8, 4) is 0 Å². The van der Waals surface area contributed by atoms with Crippen LogP contribution in [0.25, 0.3) is 0 Å². The maximum Gasteiger partial charge on any atom is 0.391 e. The van der Waals surface area contributed by atoms with Gasteiger partial charge in [0.2, 0.25) is 0 Å². The molecule has 0 saturated heterocycles. The Morgan fingerprint density at radius 1 is 1.47 bits per heavy atom. The van der Waals surface area contributed by atoms with Gasteiger partial charge in [0.1, 0.15) is 11.6 Å². The summed E-state index contributed by atoms with van der Waals surface area (Å²) < 4.78 is 36.0. The molecule has 1 aromatic heterocycles. The van der Waals surface area contributed by atoms with Gasteiger partial charge in [-0.25, -0.2) is 4.98 Å². The number of alkyl halides is 3. The number of pyridine rings is 1. The van der Waals surface area contributed by atoms with E-state index in [4.69, 9.17) is 5.73 Å². The molecule has 1 unspecified atom stereocenters. The fourth-order valence-electron chi connectivity index (χ4n) is 1.18. The molecule has 0 saturated carbocycles. The summed E-state index contributed by atoms with van der Waals surface area (Å²) in [7, 11) is 0. The van der Waals surface area contributed by atoms with Crippen LogP contribution in [-0.2, 0) is 0 Å². The van der Waals surface area contributed by atoms with E-state index >= 15 is 0 Å². The minimum atomic E-state index is -4.17. The first kappa shape index (κ1) is 11.6. The third kappa shape index (κ3) is 4.53. The van der Waals surface area contributed by atoms with Gasteiger partial charge >= 0.3 is 6.18 Å². The molecule has 3 N–H and O–H groups in total. The van der Waals surface area contributed by atoms with Crippen molar-refractivity contribution in [2.45, 2.75) is 25.6 Å². The van der Waals surface area contributed by atoms with Crippen LogP contribution in [-0.4, -0.2) is 17.2 Å². The summed E-state index contributed by atoms with van der Waals surface area (Å²) in [5, 5.41) is 2.63.